The molecule has 0 bridgehead atoms. The topological polar surface area (TPSA) is 43.1 Å². The summed E-state index contributed by atoms with van der Waals surface area (Å²) in [5, 5.41) is 11.3. The highest BCUT2D eigenvalue weighted by Gasteiger charge is 2.16. The summed E-state index contributed by atoms with van der Waals surface area (Å²) < 4.78 is 13.2. The summed E-state index contributed by atoms with van der Waals surface area (Å²) in [6, 6.07) is 3.92. The van der Waals surface area contributed by atoms with Crippen molar-refractivity contribution in [1.29, 1.82) is 0 Å². The zero-order valence-corrected chi connectivity index (χ0v) is 8.96. The van der Waals surface area contributed by atoms with Crippen molar-refractivity contribution in [3.63, 3.8) is 0 Å². The van der Waals surface area contributed by atoms with E-state index in [-0.39, 0.29) is 11.3 Å². The Morgan fingerprint density at radius 3 is 2.79 bits per heavy atom. The molecule has 0 heterocycles. The normalized spacial score (nSPS) is 10.1. The van der Waals surface area contributed by atoms with E-state index in [4.69, 9.17) is 0 Å². The lowest BCUT2D eigenvalue weighted by atomic mass is 10.1. The van der Waals surface area contributed by atoms with E-state index in [2.05, 4.69) is 15.9 Å². The van der Waals surface area contributed by atoms with Crippen molar-refractivity contribution in [2.45, 2.75) is 12.8 Å². The maximum absolute atomic E-state index is 13.2. The van der Waals surface area contributed by atoms with Crippen LogP contribution in [0.2, 0.25) is 0 Å². The van der Waals surface area contributed by atoms with Crippen LogP contribution in [0.4, 0.5) is 10.1 Å². The quantitative estimate of drug-likeness (QED) is 0.475. The van der Waals surface area contributed by atoms with Gasteiger partial charge in [-0.2, -0.15) is 0 Å². The van der Waals surface area contributed by atoms with Crippen molar-refractivity contribution in [2.75, 3.05) is 5.33 Å². The Balaban J connectivity index is 3.02. The second-order valence-corrected chi connectivity index (χ2v) is 3.58. The Bertz CT molecular complexity index is 344. The van der Waals surface area contributed by atoms with Gasteiger partial charge in [0.05, 0.1) is 10.5 Å². The first-order chi connectivity index (χ1) is 6.66. The molecule has 0 aliphatic carbocycles. The van der Waals surface area contributed by atoms with Crippen molar-refractivity contribution in [2.24, 2.45) is 0 Å². The Hall–Kier alpha value is -0.970. The molecule has 14 heavy (non-hydrogen) atoms. The number of nitro benzene ring substituents is 1. The third-order valence-electron chi connectivity index (χ3n) is 1.85. The lowest BCUT2D eigenvalue weighted by Crippen LogP contribution is -1.99. The molecule has 0 aromatic heterocycles. The Morgan fingerprint density at radius 1 is 1.50 bits per heavy atom. The van der Waals surface area contributed by atoms with Crippen LogP contribution in [0.3, 0.4) is 0 Å². The molecule has 0 saturated carbocycles. The molecule has 0 N–H and O–H groups in total. The molecule has 0 spiro atoms. The third-order valence-corrected chi connectivity index (χ3v) is 2.41. The molecule has 0 atom stereocenters. The standard InChI is InChI=1S/C9H9BrFNO2/c10-6-2-3-7-8(11)4-1-5-9(7)12(13)14/h1,4-5H,2-3,6H2. The number of rotatable bonds is 4. The van der Waals surface area contributed by atoms with E-state index in [0.717, 1.165) is 0 Å². The van der Waals surface area contributed by atoms with Gasteiger partial charge in [0.25, 0.3) is 5.69 Å². The highest BCUT2D eigenvalue weighted by molar-refractivity contribution is 9.09. The smallest absolute Gasteiger partial charge is 0.258 e. The lowest BCUT2D eigenvalue weighted by molar-refractivity contribution is -0.385. The summed E-state index contributed by atoms with van der Waals surface area (Å²) in [6.45, 7) is 0. The zero-order chi connectivity index (χ0) is 10.6. The molecule has 0 aliphatic rings. The molecule has 0 fully saturated rings. The van der Waals surface area contributed by atoms with Crippen LogP contribution >= 0.6 is 15.9 Å². The summed E-state index contributed by atoms with van der Waals surface area (Å²) >= 11 is 3.20. The number of alkyl halides is 1. The van der Waals surface area contributed by atoms with E-state index in [1.54, 1.807) is 0 Å². The molecule has 1 aromatic carbocycles. The van der Waals surface area contributed by atoms with Crippen LogP contribution < -0.4 is 0 Å². The molecule has 1 rings (SSSR count). The van der Waals surface area contributed by atoms with Crippen LogP contribution in [0.5, 0.6) is 0 Å². The SMILES string of the molecule is O=[N+]([O-])c1cccc(F)c1CCCBr. The first kappa shape index (κ1) is 11.1. The van der Waals surface area contributed by atoms with Gasteiger partial charge in [-0.05, 0) is 18.9 Å². The molecule has 0 aliphatic heterocycles. The number of hydrogen-bond acceptors (Lipinski definition) is 2. The van der Waals surface area contributed by atoms with Crippen LogP contribution in [0.15, 0.2) is 18.2 Å². The van der Waals surface area contributed by atoms with Gasteiger partial charge in [0.1, 0.15) is 5.82 Å². The molecule has 3 nitrogen and oxygen atoms in total. The monoisotopic (exact) mass is 261 g/mol. The molecule has 5 heteroatoms. The van der Waals surface area contributed by atoms with Crippen molar-refractivity contribution in [1.82, 2.24) is 0 Å². The van der Waals surface area contributed by atoms with Crippen LogP contribution in [0, 0.1) is 15.9 Å². The maximum Gasteiger partial charge on any atom is 0.275 e. The Morgan fingerprint density at radius 2 is 2.21 bits per heavy atom. The average Bonchev–Trinajstić information content (AvgIpc) is 2.15. The number of benzene rings is 1. The first-order valence-electron chi connectivity index (χ1n) is 4.14. The van der Waals surface area contributed by atoms with E-state index in [1.807, 2.05) is 0 Å². The Labute approximate surface area is 89.2 Å². The van der Waals surface area contributed by atoms with Crippen molar-refractivity contribution >= 4 is 21.6 Å². The predicted molar refractivity (Wildman–Crippen MR) is 55.2 cm³/mol. The summed E-state index contributed by atoms with van der Waals surface area (Å²) in [5.41, 5.74) is 0.0582. The van der Waals surface area contributed by atoms with Gasteiger partial charge >= 0.3 is 0 Å². The fourth-order valence-electron chi connectivity index (χ4n) is 1.21. The largest absolute Gasteiger partial charge is 0.275 e. The fourth-order valence-corrected chi connectivity index (χ4v) is 1.49. The van der Waals surface area contributed by atoms with Gasteiger partial charge in [0, 0.05) is 11.4 Å². The summed E-state index contributed by atoms with van der Waals surface area (Å²) in [5.74, 6) is -0.500. The number of halogens is 2. The van der Waals surface area contributed by atoms with Crippen LogP contribution in [0.1, 0.15) is 12.0 Å². The average molecular weight is 262 g/mol. The lowest BCUT2D eigenvalue weighted by Gasteiger charge is -2.02. The van der Waals surface area contributed by atoms with E-state index < -0.39 is 10.7 Å². The molecule has 0 unspecified atom stereocenters. The molecule has 1 aromatic rings. The van der Waals surface area contributed by atoms with Gasteiger partial charge in [-0.3, -0.25) is 10.1 Å². The van der Waals surface area contributed by atoms with Crippen molar-refractivity contribution in [3.05, 3.63) is 39.7 Å². The number of nitrogens with zero attached hydrogens (tertiary/aromatic N) is 1. The minimum Gasteiger partial charge on any atom is -0.258 e. The van der Waals surface area contributed by atoms with E-state index in [1.165, 1.54) is 18.2 Å². The van der Waals surface area contributed by atoms with Gasteiger partial charge in [-0.15, -0.1) is 0 Å². The maximum atomic E-state index is 13.2. The molecule has 0 radical (unpaired) electrons. The van der Waals surface area contributed by atoms with Gasteiger partial charge in [-0.1, -0.05) is 22.0 Å². The summed E-state index contributed by atoms with van der Waals surface area (Å²) in [6.07, 6.45) is 1.07. The molecule has 0 amide bonds. The van der Waals surface area contributed by atoms with Gasteiger partial charge in [0.2, 0.25) is 0 Å². The van der Waals surface area contributed by atoms with E-state index >= 15 is 0 Å². The predicted octanol–water partition coefficient (Wildman–Crippen LogP) is 3.06. The number of nitro groups is 1. The molecule has 76 valence electrons. The second-order valence-electron chi connectivity index (χ2n) is 2.79. The minimum atomic E-state index is -0.549. The number of hydrogen-bond donors (Lipinski definition) is 0. The third kappa shape index (κ3) is 2.51. The van der Waals surface area contributed by atoms with Gasteiger partial charge < -0.3 is 0 Å². The van der Waals surface area contributed by atoms with Gasteiger partial charge in [-0.25, -0.2) is 4.39 Å². The molecule has 0 saturated heterocycles. The van der Waals surface area contributed by atoms with Crippen molar-refractivity contribution < 1.29 is 9.31 Å². The fraction of sp³-hybridized carbons (Fsp3) is 0.333. The minimum absolute atomic E-state index is 0.133. The zero-order valence-electron chi connectivity index (χ0n) is 7.37. The van der Waals surface area contributed by atoms with E-state index in [0.29, 0.717) is 18.2 Å². The highest BCUT2D eigenvalue weighted by Crippen LogP contribution is 2.22. The molecular formula is C9H9BrFNO2. The summed E-state index contributed by atoms with van der Waals surface area (Å²) in [4.78, 5) is 10.0. The highest BCUT2D eigenvalue weighted by atomic mass is 79.9. The van der Waals surface area contributed by atoms with Gasteiger partial charge in [0.15, 0.2) is 0 Å². The molecular weight excluding hydrogens is 253 g/mol. The summed E-state index contributed by atoms with van der Waals surface area (Å²) in [7, 11) is 0. The van der Waals surface area contributed by atoms with Crippen molar-refractivity contribution in [3.8, 4) is 0 Å². The van der Waals surface area contributed by atoms with Crippen LogP contribution in [-0.4, -0.2) is 10.3 Å². The van der Waals surface area contributed by atoms with Crippen LogP contribution in [-0.2, 0) is 6.42 Å². The van der Waals surface area contributed by atoms with E-state index in [9.17, 15) is 14.5 Å². The van der Waals surface area contributed by atoms with Crippen LogP contribution in [0.25, 0.3) is 0 Å². The first-order valence-corrected chi connectivity index (χ1v) is 5.26. The second kappa shape index (κ2) is 5.05. The Kier molecular flexibility index (Phi) is 4.00.